The minimum atomic E-state index is -0.718. The van der Waals surface area contributed by atoms with Crippen LogP contribution >= 0.6 is 12.4 Å². The monoisotopic (exact) mass is 384 g/mol. The number of hydrogen-bond donors (Lipinski definition) is 2. The van der Waals surface area contributed by atoms with E-state index in [0.29, 0.717) is 19.4 Å². The van der Waals surface area contributed by atoms with Crippen LogP contribution in [0.25, 0.3) is 0 Å². The van der Waals surface area contributed by atoms with Crippen molar-refractivity contribution >= 4 is 18.3 Å². The molecule has 0 bridgehead atoms. The molecule has 2 aliphatic rings. The second-order valence-corrected chi connectivity index (χ2v) is 7.48. The maximum atomic E-state index is 13.3. The van der Waals surface area contributed by atoms with E-state index in [-0.39, 0.29) is 29.5 Å². The Bertz CT molecular complexity index is 582. The molecule has 3 rings (SSSR count). The quantitative estimate of drug-likeness (QED) is 0.818. The zero-order chi connectivity index (χ0) is 17.8. The van der Waals surface area contributed by atoms with E-state index in [1.54, 1.807) is 7.11 Å². The van der Waals surface area contributed by atoms with Crippen LogP contribution in [0.15, 0.2) is 24.3 Å². The largest absolute Gasteiger partial charge is 0.368 e. The van der Waals surface area contributed by atoms with Crippen molar-refractivity contribution in [2.75, 3.05) is 26.7 Å². The molecule has 1 saturated heterocycles. The Hall–Kier alpha value is -1.17. The zero-order valence-electron chi connectivity index (χ0n) is 15.5. The lowest BCUT2D eigenvalue weighted by Gasteiger charge is -2.40. The summed E-state index contributed by atoms with van der Waals surface area (Å²) in [6.07, 6.45) is 6.96. The molecule has 0 unspecified atom stereocenters. The highest BCUT2D eigenvalue weighted by Gasteiger charge is 2.41. The van der Waals surface area contributed by atoms with Crippen LogP contribution in [0, 0.1) is 5.82 Å². The van der Waals surface area contributed by atoms with Crippen LogP contribution in [0.3, 0.4) is 0 Å². The van der Waals surface area contributed by atoms with Crippen LogP contribution in [0.4, 0.5) is 4.39 Å². The van der Waals surface area contributed by atoms with Crippen molar-refractivity contribution in [1.29, 1.82) is 0 Å². The third kappa shape index (κ3) is 4.38. The fourth-order valence-electron chi connectivity index (χ4n) is 4.36. The van der Waals surface area contributed by atoms with E-state index in [2.05, 4.69) is 10.6 Å². The number of amides is 1. The smallest absolute Gasteiger partial charge is 0.252 e. The number of halogens is 2. The van der Waals surface area contributed by atoms with Gasteiger partial charge in [0.1, 0.15) is 11.4 Å². The molecule has 1 amide bonds. The third-order valence-corrected chi connectivity index (χ3v) is 6.07. The lowest BCUT2D eigenvalue weighted by molar-refractivity contribution is -0.147. The van der Waals surface area contributed by atoms with Crippen LogP contribution in [0.1, 0.15) is 50.5 Å². The van der Waals surface area contributed by atoms with Gasteiger partial charge < -0.3 is 15.4 Å². The average Bonchev–Trinajstić information content (AvgIpc) is 2.68. The minimum absolute atomic E-state index is 0. The van der Waals surface area contributed by atoms with Gasteiger partial charge in [0.25, 0.3) is 5.91 Å². The molecule has 4 nitrogen and oxygen atoms in total. The number of nitrogens with one attached hydrogen (secondary N) is 2. The van der Waals surface area contributed by atoms with E-state index >= 15 is 0 Å². The molecule has 2 fully saturated rings. The molecule has 26 heavy (non-hydrogen) atoms. The average molecular weight is 385 g/mol. The van der Waals surface area contributed by atoms with E-state index in [1.807, 2.05) is 12.1 Å². The van der Waals surface area contributed by atoms with E-state index < -0.39 is 5.60 Å². The first-order valence-corrected chi connectivity index (χ1v) is 9.41. The van der Waals surface area contributed by atoms with Crippen LogP contribution in [0.2, 0.25) is 0 Å². The molecular formula is C20H30ClFN2O2. The molecule has 146 valence electrons. The molecule has 2 N–H and O–H groups in total. The number of carbonyl (C=O) groups excluding carboxylic acids is 1. The molecule has 1 aromatic rings. The van der Waals surface area contributed by atoms with Crippen LogP contribution in [-0.4, -0.2) is 38.3 Å². The molecule has 0 radical (unpaired) electrons. The van der Waals surface area contributed by atoms with Crippen molar-refractivity contribution in [3.63, 3.8) is 0 Å². The number of hydrogen-bond acceptors (Lipinski definition) is 3. The normalized spacial score (nSPS) is 21.5. The van der Waals surface area contributed by atoms with Crippen molar-refractivity contribution in [2.45, 2.75) is 56.0 Å². The van der Waals surface area contributed by atoms with Gasteiger partial charge in [-0.15, -0.1) is 12.4 Å². The predicted octanol–water partition coefficient (Wildman–Crippen LogP) is 3.33. The Kier molecular flexibility index (Phi) is 7.44. The summed E-state index contributed by atoms with van der Waals surface area (Å²) in [5, 5.41) is 6.46. The number of methoxy groups -OCH3 is 1. The molecule has 1 aliphatic heterocycles. The van der Waals surface area contributed by atoms with Gasteiger partial charge in [-0.05, 0) is 56.5 Å². The highest BCUT2D eigenvalue weighted by molar-refractivity contribution is 5.85. The van der Waals surface area contributed by atoms with E-state index in [4.69, 9.17) is 4.74 Å². The summed E-state index contributed by atoms with van der Waals surface area (Å²) in [6.45, 7) is 2.19. The van der Waals surface area contributed by atoms with Gasteiger partial charge in [-0.2, -0.15) is 0 Å². The lowest BCUT2D eigenvalue weighted by atomic mass is 9.69. The highest BCUT2D eigenvalue weighted by Crippen LogP contribution is 2.39. The molecule has 6 heteroatoms. The summed E-state index contributed by atoms with van der Waals surface area (Å²) < 4.78 is 19.0. The van der Waals surface area contributed by atoms with Gasteiger partial charge >= 0.3 is 0 Å². The van der Waals surface area contributed by atoms with Gasteiger partial charge in [0.05, 0.1) is 0 Å². The summed E-state index contributed by atoms with van der Waals surface area (Å²) in [6, 6.07) is 6.81. The SMILES string of the molecule is COC1(C(=O)NCC2(c3ccc(F)cc3)CCCCC2)CCNCC1.Cl. The second kappa shape index (κ2) is 9.16. The number of rotatable bonds is 5. The Morgan fingerprint density at radius 2 is 1.73 bits per heavy atom. The fourth-order valence-corrected chi connectivity index (χ4v) is 4.36. The van der Waals surface area contributed by atoms with Gasteiger partial charge in [0.15, 0.2) is 0 Å². The van der Waals surface area contributed by atoms with Crippen LogP contribution in [-0.2, 0) is 14.9 Å². The topological polar surface area (TPSA) is 50.4 Å². The maximum Gasteiger partial charge on any atom is 0.252 e. The molecule has 0 aromatic heterocycles. The molecule has 0 spiro atoms. The molecule has 1 aromatic carbocycles. The number of benzene rings is 1. The van der Waals surface area contributed by atoms with Crippen molar-refractivity contribution in [1.82, 2.24) is 10.6 Å². The molecular weight excluding hydrogens is 355 g/mol. The van der Waals surface area contributed by atoms with E-state index in [1.165, 1.54) is 18.6 Å². The Morgan fingerprint density at radius 1 is 1.12 bits per heavy atom. The first-order valence-electron chi connectivity index (χ1n) is 9.41. The van der Waals surface area contributed by atoms with Crippen molar-refractivity contribution in [2.24, 2.45) is 0 Å². The summed E-state index contributed by atoms with van der Waals surface area (Å²) in [5.41, 5.74) is 0.318. The standard InChI is InChI=1S/C20H29FN2O2.ClH/c1-25-20(11-13-22-14-12-20)18(24)23-15-19(9-3-2-4-10-19)16-5-7-17(21)8-6-16;/h5-8,22H,2-4,9-15H2,1H3,(H,23,24);1H. The Morgan fingerprint density at radius 3 is 2.31 bits per heavy atom. The van der Waals surface area contributed by atoms with Crippen molar-refractivity contribution in [3.8, 4) is 0 Å². The lowest BCUT2D eigenvalue weighted by Crippen LogP contribution is -2.56. The first kappa shape index (κ1) is 21.1. The first-order chi connectivity index (χ1) is 12.1. The summed E-state index contributed by atoms with van der Waals surface area (Å²) in [7, 11) is 1.63. The number of carbonyl (C=O) groups is 1. The maximum absolute atomic E-state index is 13.3. The van der Waals surface area contributed by atoms with Crippen molar-refractivity contribution in [3.05, 3.63) is 35.6 Å². The number of piperidine rings is 1. The summed E-state index contributed by atoms with van der Waals surface area (Å²) in [4.78, 5) is 12.9. The van der Waals surface area contributed by atoms with Crippen molar-refractivity contribution < 1.29 is 13.9 Å². The Balaban J connectivity index is 0.00000243. The van der Waals surface area contributed by atoms with Gasteiger partial charge in [-0.25, -0.2) is 4.39 Å². The second-order valence-electron chi connectivity index (χ2n) is 7.48. The van der Waals surface area contributed by atoms with E-state index in [0.717, 1.165) is 44.3 Å². The van der Waals surface area contributed by atoms with Gasteiger partial charge in [-0.1, -0.05) is 31.4 Å². The fraction of sp³-hybridized carbons (Fsp3) is 0.650. The van der Waals surface area contributed by atoms with Gasteiger partial charge in [-0.3, -0.25) is 4.79 Å². The predicted molar refractivity (Wildman–Crippen MR) is 103 cm³/mol. The summed E-state index contributed by atoms with van der Waals surface area (Å²) in [5.74, 6) is -0.227. The van der Waals surface area contributed by atoms with Crippen LogP contribution in [0.5, 0.6) is 0 Å². The summed E-state index contributed by atoms with van der Waals surface area (Å²) >= 11 is 0. The van der Waals surface area contributed by atoms with Gasteiger partial charge in [0, 0.05) is 19.1 Å². The third-order valence-electron chi connectivity index (χ3n) is 6.07. The van der Waals surface area contributed by atoms with Crippen LogP contribution < -0.4 is 10.6 Å². The molecule has 1 aliphatic carbocycles. The highest BCUT2D eigenvalue weighted by atomic mass is 35.5. The molecule has 0 atom stereocenters. The molecule has 1 heterocycles. The van der Waals surface area contributed by atoms with Gasteiger partial charge in [0.2, 0.25) is 0 Å². The Labute approximate surface area is 161 Å². The zero-order valence-corrected chi connectivity index (χ0v) is 16.3. The van der Waals surface area contributed by atoms with E-state index in [9.17, 15) is 9.18 Å². The molecule has 1 saturated carbocycles. The number of ether oxygens (including phenoxy) is 1. The minimum Gasteiger partial charge on any atom is -0.368 e.